The molecule has 0 amide bonds. The normalized spacial score (nSPS) is 14.6. The number of benzene rings is 1. The van der Waals surface area contributed by atoms with Gasteiger partial charge in [0.2, 0.25) is 0 Å². The highest BCUT2D eigenvalue weighted by Crippen LogP contribution is 2.32. The van der Waals surface area contributed by atoms with E-state index in [9.17, 15) is 4.39 Å². The van der Waals surface area contributed by atoms with Crippen molar-refractivity contribution in [1.29, 1.82) is 0 Å². The molecule has 1 aliphatic rings. The molecule has 1 aromatic carbocycles. The third-order valence-corrected chi connectivity index (χ3v) is 1.44. The monoisotopic (exact) mass is 153 g/mol. The largest absolute Gasteiger partial charge is 0.483 e. The van der Waals surface area contributed by atoms with Crippen LogP contribution < -0.4 is 9.47 Å². The second kappa shape index (κ2) is 2.42. The molecule has 2 nitrogen and oxygen atoms in total. The summed E-state index contributed by atoms with van der Waals surface area (Å²) in [5.74, 6) is 0.266. The number of para-hydroxylation sites is 1. The van der Waals surface area contributed by atoms with Crippen molar-refractivity contribution in [2.24, 2.45) is 0 Å². The number of hydrogen-bond donors (Lipinski definition) is 0. The Kier molecular flexibility index (Phi) is 1.42. The molecular formula is C8H6FO2. The summed E-state index contributed by atoms with van der Waals surface area (Å²) in [5, 5.41) is 0. The Morgan fingerprint density at radius 2 is 2.27 bits per heavy atom. The van der Waals surface area contributed by atoms with Gasteiger partial charge in [-0.3, -0.25) is 0 Å². The first kappa shape index (κ1) is 6.46. The zero-order chi connectivity index (χ0) is 7.68. The molecule has 0 bridgehead atoms. The first-order chi connectivity index (χ1) is 5.38. The van der Waals surface area contributed by atoms with Gasteiger partial charge in [-0.25, -0.2) is 4.39 Å². The maximum atomic E-state index is 12.9. The molecule has 11 heavy (non-hydrogen) atoms. The van der Waals surface area contributed by atoms with E-state index in [0.29, 0.717) is 12.4 Å². The van der Waals surface area contributed by atoms with Gasteiger partial charge in [0.15, 0.2) is 23.9 Å². The van der Waals surface area contributed by atoms with Gasteiger partial charge in [-0.1, -0.05) is 6.07 Å². The van der Waals surface area contributed by atoms with Gasteiger partial charge < -0.3 is 9.47 Å². The van der Waals surface area contributed by atoms with Crippen molar-refractivity contribution in [2.75, 3.05) is 6.61 Å². The molecule has 1 radical (unpaired) electrons. The van der Waals surface area contributed by atoms with Crippen molar-refractivity contribution < 1.29 is 13.9 Å². The molecule has 57 valence electrons. The minimum atomic E-state index is -0.379. The van der Waals surface area contributed by atoms with Crippen molar-refractivity contribution >= 4 is 0 Å². The van der Waals surface area contributed by atoms with Gasteiger partial charge >= 0.3 is 0 Å². The lowest BCUT2D eigenvalue weighted by atomic mass is 10.3. The summed E-state index contributed by atoms with van der Waals surface area (Å²) < 4.78 is 22.9. The quantitative estimate of drug-likeness (QED) is 0.565. The van der Waals surface area contributed by atoms with Gasteiger partial charge in [-0.2, -0.15) is 0 Å². The Morgan fingerprint density at radius 3 is 3.09 bits per heavy atom. The van der Waals surface area contributed by atoms with Crippen LogP contribution in [0.5, 0.6) is 11.5 Å². The standard InChI is InChI=1S/C8H6FO2/c9-6-2-1-3-7-8(6)11-5-4-10-7/h1-4H,5H2. The van der Waals surface area contributed by atoms with E-state index in [1.807, 2.05) is 0 Å². The van der Waals surface area contributed by atoms with Crippen LogP contribution in [0.15, 0.2) is 18.2 Å². The lowest BCUT2D eigenvalue weighted by molar-refractivity contribution is 0.214. The molecule has 3 heteroatoms. The summed E-state index contributed by atoms with van der Waals surface area (Å²) in [6.45, 7) is 1.79. The zero-order valence-corrected chi connectivity index (χ0v) is 5.71. The SMILES string of the molecule is Fc1cccc2c1OC[CH]O2. The van der Waals surface area contributed by atoms with Crippen LogP contribution in [0.3, 0.4) is 0 Å². The van der Waals surface area contributed by atoms with Gasteiger partial charge in [0.05, 0.1) is 0 Å². The first-order valence-corrected chi connectivity index (χ1v) is 3.27. The number of ether oxygens (including phenoxy) is 2. The van der Waals surface area contributed by atoms with Gasteiger partial charge in [0.1, 0.15) is 6.61 Å². The Labute approximate surface area is 63.5 Å². The molecule has 0 atom stereocenters. The Bertz CT molecular complexity index is 273. The van der Waals surface area contributed by atoms with Gasteiger partial charge in [-0.15, -0.1) is 0 Å². The van der Waals surface area contributed by atoms with E-state index >= 15 is 0 Å². The minimum Gasteiger partial charge on any atom is -0.483 e. The molecule has 0 saturated carbocycles. The van der Waals surface area contributed by atoms with Gasteiger partial charge in [0.25, 0.3) is 0 Å². The summed E-state index contributed by atoms with van der Waals surface area (Å²) in [5.41, 5.74) is 0. The third-order valence-electron chi connectivity index (χ3n) is 1.44. The van der Waals surface area contributed by atoms with E-state index in [-0.39, 0.29) is 11.6 Å². The molecule has 0 unspecified atom stereocenters. The molecule has 0 fully saturated rings. The second-order valence-electron chi connectivity index (χ2n) is 2.16. The molecule has 2 rings (SSSR count). The topological polar surface area (TPSA) is 18.5 Å². The highest BCUT2D eigenvalue weighted by molar-refractivity contribution is 5.42. The Hall–Kier alpha value is -1.25. The number of halogens is 1. The molecule has 0 saturated heterocycles. The maximum absolute atomic E-state index is 12.9. The van der Waals surface area contributed by atoms with Crippen LogP contribution in [-0.2, 0) is 0 Å². The van der Waals surface area contributed by atoms with E-state index in [0.717, 1.165) is 0 Å². The molecule has 1 aromatic rings. The minimum absolute atomic E-state index is 0.204. The van der Waals surface area contributed by atoms with Gasteiger partial charge in [0, 0.05) is 0 Å². The fourth-order valence-corrected chi connectivity index (χ4v) is 0.963. The molecule has 0 aliphatic carbocycles. The fourth-order valence-electron chi connectivity index (χ4n) is 0.963. The third kappa shape index (κ3) is 1.02. The van der Waals surface area contributed by atoms with Crippen LogP contribution in [-0.4, -0.2) is 6.61 Å². The first-order valence-electron chi connectivity index (χ1n) is 3.27. The van der Waals surface area contributed by atoms with E-state index in [4.69, 9.17) is 9.47 Å². The number of hydrogen-bond acceptors (Lipinski definition) is 2. The van der Waals surface area contributed by atoms with Crippen LogP contribution >= 0.6 is 0 Å². The predicted octanol–water partition coefficient (Wildman–Crippen LogP) is 1.76. The summed E-state index contributed by atoms with van der Waals surface area (Å²) >= 11 is 0. The molecule has 1 heterocycles. The van der Waals surface area contributed by atoms with Crippen LogP contribution in [0.2, 0.25) is 0 Å². The molecule has 0 N–H and O–H groups in total. The van der Waals surface area contributed by atoms with Crippen molar-refractivity contribution in [3.63, 3.8) is 0 Å². The average Bonchev–Trinajstić information content (AvgIpc) is 2.06. The van der Waals surface area contributed by atoms with Crippen molar-refractivity contribution in [1.82, 2.24) is 0 Å². The lowest BCUT2D eigenvalue weighted by Crippen LogP contribution is -2.11. The van der Waals surface area contributed by atoms with Crippen LogP contribution in [0.25, 0.3) is 0 Å². The second-order valence-corrected chi connectivity index (χ2v) is 2.16. The van der Waals surface area contributed by atoms with Crippen LogP contribution in [0, 0.1) is 12.4 Å². The maximum Gasteiger partial charge on any atom is 0.197 e. The van der Waals surface area contributed by atoms with Gasteiger partial charge in [-0.05, 0) is 12.1 Å². The van der Waals surface area contributed by atoms with E-state index in [2.05, 4.69) is 0 Å². The summed E-state index contributed by atoms with van der Waals surface area (Å²) in [4.78, 5) is 0. The fraction of sp³-hybridized carbons (Fsp3) is 0.125. The lowest BCUT2D eigenvalue weighted by Gasteiger charge is -2.17. The summed E-state index contributed by atoms with van der Waals surface area (Å²) in [6.07, 6.45) is 0. The number of fused-ring (bicyclic) bond motifs is 1. The molecular weight excluding hydrogens is 147 g/mol. The van der Waals surface area contributed by atoms with Crippen molar-refractivity contribution in [2.45, 2.75) is 0 Å². The summed E-state index contributed by atoms with van der Waals surface area (Å²) in [7, 11) is 0. The zero-order valence-electron chi connectivity index (χ0n) is 5.71. The number of rotatable bonds is 0. The van der Waals surface area contributed by atoms with Crippen LogP contribution in [0.1, 0.15) is 0 Å². The average molecular weight is 153 g/mol. The van der Waals surface area contributed by atoms with E-state index in [1.54, 1.807) is 12.1 Å². The van der Waals surface area contributed by atoms with Crippen LogP contribution in [0.4, 0.5) is 4.39 Å². The van der Waals surface area contributed by atoms with E-state index in [1.165, 1.54) is 12.7 Å². The predicted molar refractivity (Wildman–Crippen MR) is 36.8 cm³/mol. The van der Waals surface area contributed by atoms with Crippen molar-refractivity contribution in [3.8, 4) is 11.5 Å². The molecule has 0 aromatic heterocycles. The Morgan fingerprint density at radius 1 is 1.36 bits per heavy atom. The van der Waals surface area contributed by atoms with Crippen molar-refractivity contribution in [3.05, 3.63) is 30.6 Å². The molecule has 1 aliphatic heterocycles. The van der Waals surface area contributed by atoms with E-state index < -0.39 is 0 Å². The highest BCUT2D eigenvalue weighted by Gasteiger charge is 2.15. The smallest absolute Gasteiger partial charge is 0.197 e. The highest BCUT2D eigenvalue weighted by atomic mass is 19.1. The molecule has 0 spiro atoms. The summed E-state index contributed by atoms with van der Waals surface area (Å²) in [6, 6.07) is 4.58. The Balaban J connectivity index is 2.49.